The molecule has 1 unspecified atom stereocenters. The highest BCUT2D eigenvalue weighted by Gasteiger charge is 2.11. The van der Waals surface area contributed by atoms with E-state index in [1.165, 1.54) is 0 Å². The molecule has 0 saturated heterocycles. The number of benzene rings is 1. The fourth-order valence-electron chi connectivity index (χ4n) is 1.32. The molecule has 0 fully saturated rings. The van der Waals surface area contributed by atoms with Crippen molar-refractivity contribution >= 4 is 16.8 Å². The summed E-state index contributed by atoms with van der Waals surface area (Å²) in [6.07, 6.45) is 1.83. The van der Waals surface area contributed by atoms with E-state index in [1.54, 1.807) is 6.07 Å². The first-order chi connectivity index (χ1) is 8.13. The summed E-state index contributed by atoms with van der Waals surface area (Å²) in [6, 6.07) is 7.36. The van der Waals surface area contributed by atoms with Gasteiger partial charge in [0.1, 0.15) is 5.75 Å². The summed E-state index contributed by atoms with van der Waals surface area (Å²) >= 11 is 0. The molecular formula is C13H18O3S. The molecular weight excluding hydrogens is 236 g/mol. The number of unbranched alkanes of at least 4 members (excludes halogenated alkanes) is 1. The lowest BCUT2D eigenvalue weighted by Crippen LogP contribution is -2.15. The van der Waals surface area contributed by atoms with Crippen molar-refractivity contribution in [1.29, 1.82) is 0 Å². The minimum atomic E-state index is -1.30. The number of carbonyl (C=O) groups is 1. The number of hydrogen-bond donors (Lipinski definition) is 0. The van der Waals surface area contributed by atoms with Crippen molar-refractivity contribution in [3.63, 3.8) is 0 Å². The maximum Gasteiger partial charge on any atom is 0.318 e. The predicted octanol–water partition coefficient (Wildman–Crippen LogP) is 2.45. The first kappa shape index (κ1) is 13.9. The van der Waals surface area contributed by atoms with Gasteiger partial charge in [-0.1, -0.05) is 25.5 Å². The molecule has 0 N–H and O–H groups in total. The summed E-state index contributed by atoms with van der Waals surface area (Å²) in [4.78, 5) is 12.0. The minimum Gasteiger partial charge on any atom is -0.465 e. The number of hydrogen-bond acceptors (Lipinski definition) is 3. The number of rotatable bonds is 6. The third-order valence-corrected chi connectivity index (χ3v) is 3.54. The van der Waals surface area contributed by atoms with Gasteiger partial charge in [0.15, 0.2) is 0 Å². The minimum absolute atomic E-state index is 0.0623. The van der Waals surface area contributed by atoms with E-state index in [4.69, 9.17) is 4.74 Å². The molecule has 0 spiro atoms. The summed E-state index contributed by atoms with van der Waals surface area (Å²) in [5.74, 6) is -0.453. The highest BCUT2D eigenvalue weighted by molar-refractivity contribution is 7.85. The van der Waals surface area contributed by atoms with Crippen LogP contribution < -0.4 is 0 Å². The lowest BCUT2D eigenvalue weighted by atomic mass is 10.2. The molecule has 0 aliphatic carbocycles. The standard InChI is InChI=1S/C13H18O3S/c1-3-4-8-16-13(14)10-17(15)12-7-5-6-11(2)9-12/h5-7,9H,3-4,8,10H2,1-2H3. The Labute approximate surface area is 105 Å². The van der Waals surface area contributed by atoms with E-state index in [-0.39, 0.29) is 5.75 Å². The number of carbonyl (C=O) groups excluding carboxylic acids is 1. The molecule has 17 heavy (non-hydrogen) atoms. The third kappa shape index (κ3) is 5.13. The highest BCUT2D eigenvalue weighted by Crippen LogP contribution is 2.09. The molecule has 1 atom stereocenters. The van der Waals surface area contributed by atoms with Crippen molar-refractivity contribution in [2.45, 2.75) is 31.6 Å². The first-order valence-electron chi connectivity index (χ1n) is 5.74. The van der Waals surface area contributed by atoms with Gasteiger partial charge >= 0.3 is 5.97 Å². The van der Waals surface area contributed by atoms with Crippen LogP contribution in [-0.4, -0.2) is 22.5 Å². The van der Waals surface area contributed by atoms with Crippen LogP contribution in [0, 0.1) is 6.92 Å². The average Bonchev–Trinajstić information content (AvgIpc) is 2.29. The zero-order chi connectivity index (χ0) is 12.7. The number of aryl methyl sites for hydroxylation is 1. The van der Waals surface area contributed by atoms with Gasteiger partial charge in [-0.3, -0.25) is 9.00 Å². The van der Waals surface area contributed by atoms with Gasteiger partial charge in [-0.15, -0.1) is 0 Å². The number of ether oxygens (including phenoxy) is 1. The number of esters is 1. The lowest BCUT2D eigenvalue weighted by molar-refractivity contribution is -0.140. The van der Waals surface area contributed by atoms with Crippen molar-refractivity contribution in [3.8, 4) is 0 Å². The molecule has 0 aliphatic rings. The molecule has 94 valence electrons. The van der Waals surface area contributed by atoms with E-state index in [9.17, 15) is 9.00 Å². The van der Waals surface area contributed by atoms with E-state index in [1.807, 2.05) is 32.0 Å². The Balaban J connectivity index is 2.46. The van der Waals surface area contributed by atoms with Crippen LogP contribution in [0.2, 0.25) is 0 Å². The quantitative estimate of drug-likeness (QED) is 0.578. The van der Waals surface area contributed by atoms with E-state index < -0.39 is 16.8 Å². The molecule has 1 aromatic carbocycles. The van der Waals surface area contributed by atoms with Gasteiger partial charge < -0.3 is 4.74 Å². The molecule has 0 saturated carbocycles. The molecule has 0 aromatic heterocycles. The first-order valence-corrected chi connectivity index (χ1v) is 7.06. The lowest BCUT2D eigenvalue weighted by Gasteiger charge is -2.04. The van der Waals surface area contributed by atoms with Crippen molar-refractivity contribution < 1.29 is 13.7 Å². The smallest absolute Gasteiger partial charge is 0.318 e. The predicted molar refractivity (Wildman–Crippen MR) is 68.3 cm³/mol. The Bertz CT molecular complexity index is 401. The largest absolute Gasteiger partial charge is 0.465 e. The molecule has 0 amide bonds. The highest BCUT2D eigenvalue weighted by atomic mass is 32.2. The Kier molecular flexibility index (Phi) is 5.91. The molecule has 0 heterocycles. The van der Waals surface area contributed by atoms with Crippen molar-refractivity contribution in [3.05, 3.63) is 29.8 Å². The molecule has 0 radical (unpaired) electrons. The Morgan fingerprint density at radius 1 is 1.41 bits per heavy atom. The van der Waals surface area contributed by atoms with Crippen LogP contribution in [0.15, 0.2) is 29.2 Å². The van der Waals surface area contributed by atoms with E-state index in [0.717, 1.165) is 18.4 Å². The SMILES string of the molecule is CCCCOC(=O)CS(=O)c1cccc(C)c1. The maximum absolute atomic E-state index is 11.9. The third-order valence-electron chi connectivity index (χ3n) is 2.26. The van der Waals surface area contributed by atoms with Crippen molar-refractivity contribution in [1.82, 2.24) is 0 Å². The van der Waals surface area contributed by atoms with E-state index >= 15 is 0 Å². The van der Waals surface area contributed by atoms with Gasteiger partial charge in [0.25, 0.3) is 0 Å². The fraction of sp³-hybridized carbons (Fsp3) is 0.462. The second kappa shape index (κ2) is 7.22. The van der Waals surface area contributed by atoms with Gasteiger partial charge in [-0.2, -0.15) is 0 Å². The molecule has 0 bridgehead atoms. The maximum atomic E-state index is 11.9. The van der Waals surface area contributed by atoms with Crippen LogP contribution in [0.25, 0.3) is 0 Å². The van der Waals surface area contributed by atoms with E-state index in [2.05, 4.69) is 0 Å². The zero-order valence-electron chi connectivity index (χ0n) is 10.3. The zero-order valence-corrected chi connectivity index (χ0v) is 11.1. The Morgan fingerprint density at radius 3 is 2.82 bits per heavy atom. The average molecular weight is 254 g/mol. The monoisotopic (exact) mass is 254 g/mol. The summed E-state index contributed by atoms with van der Waals surface area (Å²) < 4.78 is 16.8. The van der Waals surface area contributed by atoms with Gasteiger partial charge in [-0.05, 0) is 31.0 Å². The summed E-state index contributed by atoms with van der Waals surface area (Å²) in [7, 11) is -1.30. The molecule has 4 heteroatoms. The molecule has 1 aromatic rings. The van der Waals surface area contributed by atoms with Crippen LogP contribution in [-0.2, 0) is 20.3 Å². The Hall–Kier alpha value is -1.16. The second-order valence-electron chi connectivity index (χ2n) is 3.88. The van der Waals surface area contributed by atoms with Gasteiger partial charge in [0, 0.05) is 4.90 Å². The van der Waals surface area contributed by atoms with Crippen LogP contribution in [0.1, 0.15) is 25.3 Å². The summed E-state index contributed by atoms with van der Waals surface area (Å²) in [6.45, 7) is 4.37. The van der Waals surface area contributed by atoms with Crippen molar-refractivity contribution in [2.75, 3.05) is 12.4 Å². The van der Waals surface area contributed by atoms with Gasteiger partial charge in [-0.25, -0.2) is 0 Å². The molecule has 0 aliphatic heterocycles. The normalized spacial score (nSPS) is 12.1. The van der Waals surface area contributed by atoms with Crippen LogP contribution in [0.3, 0.4) is 0 Å². The van der Waals surface area contributed by atoms with Gasteiger partial charge in [0.05, 0.1) is 17.4 Å². The van der Waals surface area contributed by atoms with Gasteiger partial charge in [0.2, 0.25) is 0 Å². The molecule has 3 nitrogen and oxygen atoms in total. The molecule has 1 rings (SSSR count). The van der Waals surface area contributed by atoms with E-state index in [0.29, 0.717) is 11.5 Å². The Morgan fingerprint density at radius 2 is 2.18 bits per heavy atom. The fourth-order valence-corrected chi connectivity index (χ4v) is 2.33. The topological polar surface area (TPSA) is 43.4 Å². The second-order valence-corrected chi connectivity index (χ2v) is 5.33. The van der Waals surface area contributed by atoms with Crippen molar-refractivity contribution in [2.24, 2.45) is 0 Å². The van der Waals surface area contributed by atoms with Crippen LogP contribution in [0.4, 0.5) is 0 Å². The van der Waals surface area contributed by atoms with Crippen LogP contribution >= 0.6 is 0 Å². The summed E-state index contributed by atoms with van der Waals surface area (Å²) in [5.41, 5.74) is 1.04. The summed E-state index contributed by atoms with van der Waals surface area (Å²) in [5, 5.41) is 0. The van der Waals surface area contributed by atoms with Crippen LogP contribution in [0.5, 0.6) is 0 Å².